The number of ether oxygens (including phenoxy) is 1. The zero-order valence-corrected chi connectivity index (χ0v) is 17.6. The summed E-state index contributed by atoms with van der Waals surface area (Å²) in [5.41, 5.74) is -1.37. The normalized spacial score (nSPS) is 10.8. The first-order valence-corrected chi connectivity index (χ1v) is 8.05. The third-order valence-corrected chi connectivity index (χ3v) is 4.04. The first-order chi connectivity index (χ1) is 12.6. The molecule has 0 atom stereocenters. The number of nitro benzene ring substituents is 1. The summed E-state index contributed by atoms with van der Waals surface area (Å²) in [7, 11) is 0. The maximum absolute atomic E-state index is 12.7. The Morgan fingerprint density at radius 3 is 2.46 bits per heavy atom. The maximum atomic E-state index is 12.7. The van der Waals surface area contributed by atoms with Crippen molar-refractivity contribution in [1.82, 2.24) is 0 Å². The third-order valence-electron chi connectivity index (χ3n) is 2.97. The van der Waals surface area contributed by atoms with E-state index in [2.05, 4.69) is 4.18 Å². The summed E-state index contributed by atoms with van der Waals surface area (Å²) in [6.07, 6.45) is -4.57. The summed E-state index contributed by atoms with van der Waals surface area (Å²) in [5.74, 6) is -1.13. The van der Waals surface area contributed by atoms with Gasteiger partial charge in [-0.05, 0) is 24.3 Å². The number of hydrogen-bond acceptors (Lipinski definition) is 7. The van der Waals surface area contributed by atoms with E-state index in [1.807, 2.05) is 0 Å². The first-order valence-electron chi connectivity index (χ1n) is 6.93. The van der Waals surface area contributed by atoms with Gasteiger partial charge >= 0.3 is 41.7 Å². The minimum absolute atomic E-state index is 0. The summed E-state index contributed by atoms with van der Waals surface area (Å²) in [5, 5.41) is 19.3. The van der Waals surface area contributed by atoms with Crippen molar-refractivity contribution in [3.05, 3.63) is 57.1 Å². The van der Waals surface area contributed by atoms with E-state index in [1.165, 1.54) is 6.07 Å². The molecule has 1 N–H and O–H groups in total. The number of alkyl halides is 3. The SMILES string of the molecule is O=C(CO)OSc1cc(Oc2ccc(C(F)(F)F)cc2Cl)ccc1[N+](=O)[O-].[Na+]. The van der Waals surface area contributed by atoms with Crippen molar-refractivity contribution in [2.24, 2.45) is 0 Å². The zero-order chi connectivity index (χ0) is 20.2. The van der Waals surface area contributed by atoms with Gasteiger partial charge in [-0.2, -0.15) is 13.2 Å². The van der Waals surface area contributed by atoms with Crippen molar-refractivity contribution in [1.29, 1.82) is 0 Å². The fraction of sp³-hybridized carbons (Fsp3) is 0.133. The number of hydrogen-bond donors (Lipinski definition) is 1. The molecular weight excluding hydrogens is 438 g/mol. The molecule has 0 fully saturated rings. The number of aliphatic hydroxyl groups excluding tert-OH is 1. The van der Waals surface area contributed by atoms with Crippen LogP contribution < -0.4 is 34.3 Å². The van der Waals surface area contributed by atoms with Gasteiger partial charge in [0.25, 0.3) is 5.69 Å². The van der Waals surface area contributed by atoms with Crippen LogP contribution in [0.15, 0.2) is 41.3 Å². The van der Waals surface area contributed by atoms with Crippen molar-refractivity contribution in [2.45, 2.75) is 11.1 Å². The molecule has 0 amide bonds. The Bertz CT molecular complexity index is 883. The van der Waals surface area contributed by atoms with E-state index in [-0.39, 0.29) is 51.0 Å². The number of aliphatic hydroxyl groups is 1. The molecule has 13 heteroatoms. The van der Waals surface area contributed by atoms with Crippen molar-refractivity contribution < 1.29 is 66.5 Å². The topological polar surface area (TPSA) is 98.9 Å². The second-order valence-corrected chi connectivity index (χ2v) is 6.01. The van der Waals surface area contributed by atoms with Crippen LogP contribution in [0.3, 0.4) is 0 Å². The number of nitro groups is 1. The van der Waals surface area contributed by atoms with Crippen LogP contribution in [0.25, 0.3) is 0 Å². The van der Waals surface area contributed by atoms with E-state index in [1.54, 1.807) is 0 Å². The van der Waals surface area contributed by atoms with Crippen LogP contribution in [0, 0.1) is 10.1 Å². The van der Waals surface area contributed by atoms with Gasteiger partial charge in [-0.15, -0.1) is 0 Å². The van der Waals surface area contributed by atoms with E-state index in [4.69, 9.17) is 21.4 Å². The predicted molar refractivity (Wildman–Crippen MR) is 88.7 cm³/mol. The van der Waals surface area contributed by atoms with Gasteiger partial charge in [-0.1, -0.05) is 11.6 Å². The van der Waals surface area contributed by atoms with E-state index >= 15 is 0 Å². The second kappa shape index (κ2) is 10.3. The number of rotatable bonds is 6. The smallest absolute Gasteiger partial charge is 0.456 e. The number of carbonyl (C=O) groups is 1. The molecule has 0 unspecified atom stereocenters. The summed E-state index contributed by atoms with van der Waals surface area (Å²) in [6, 6.07) is 5.85. The molecule has 2 rings (SSSR count). The molecule has 0 aliphatic carbocycles. The predicted octanol–water partition coefficient (Wildman–Crippen LogP) is 1.61. The van der Waals surface area contributed by atoms with Gasteiger partial charge in [0.2, 0.25) is 0 Å². The molecule has 0 aliphatic rings. The number of nitrogens with zero attached hydrogens (tertiary/aromatic N) is 1. The van der Waals surface area contributed by atoms with Crippen LogP contribution in [0.4, 0.5) is 18.9 Å². The van der Waals surface area contributed by atoms with Crippen LogP contribution in [-0.4, -0.2) is 22.6 Å². The molecule has 144 valence electrons. The van der Waals surface area contributed by atoms with Crippen LogP contribution in [0.1, 0.15) is 5.56 Å². The molecule has 7 nitrogen and oxygen atoms in total. The molecule has 0 aromatic heterocycles. The molecule has 2 aromatic carbocycles. The average Bonchev–Trinajstić information content (AvgIpc) is 2.60. The molecule has 0 spiro atoms. The molecule has 0 radical (unpaired) electrons. The molecule has 2 aromatic rings. The van der Waals surface area contributed by atoms with E-state index in [9.17, 15) is 28.1 Å². The maximum Gasteiger partial charge on any atom is 1.00 e. The van der Waals surface area contributed by atoms with E-state index in [0.717, 1.165) is 24.3 Å². The molecule has 0 aliphatic heterocycles. The van der Waals surface area contributed by atoms with Crippen LogP contribution in [-0.2, 0) is 15.2 Å². The molecule has 0 bridgehead atoms. The molecule has 0 heterocycles. The van der Waals surface area contributed by atoms with Crippen molar-refractivity contribution in [3.8, 4) is 11.5 Å². The third kappa shape index (κ3) is 6.54. The van der Waals surface area contributed by atoms with Crippen molar-refractivity contribution in [3.63, 3.8) is 0 Å². The monoisotopic (exact) mass is 446 g/mol. The largest absolute Gasteiger partial charge is 1.00 e. The fourth-order valence-corrected chi connectivity index (χ4v) is 2.63. The van der Waals surface area contributed by atoms with Gasteiger partial charge in [0, 0.05) is 12.1 Å². The number of halogens is 4. The summed E-state index contributed by atoms with van der Waals surface area (Å²) < 4.78 is 47.9. The van der Waals surface area contributed by atoms with Gasteiger partial charge in [0.05, 0.1) is 15.5 Å². The number of benzene rings is 2. The van der Waals surface area contributed by atoms with E-state index < -0.39 is 34.9 Å². The quantitative estimate of drug-likeness (QED) is 0.311. The Kier molecular flexibility index (Phi) is 9.05. The fourth-order valence-electron chi connectivity index (χ4n) is 1.78. The summed E-state index contributed by atoms with van der Waals surface area (Å²) in [4.78, 5) is 21.2. The standard InChI is InChI=1S/C15H9ClF3NO6S.Na/c16-10-5-8(15(17,18)19)1-4-12(10)25-9-2-3-11(20(23)24)13(6-9)27-26-14(22)7-21;/h1-6,21H,7H2;/q;+1. The van der Waals surface area contributed by atoms with Crippen LogP contribution in [0.5, 0.6) is 11.5 Å². The Hall–Kier alpha value is -1.50. The molecule has 0 saturated carbocycles. The minimum Gasteiger partial charge on any atom is -0.456 e. The molecule has 0 saturated heterocycles. The van der Waals surface area contributed by atoms with Gasteiger partial charge in [-0.3, -0.25) is 10.1 Å². The Balaban J connectivity index is 0.00000392. The summed E-state index contributed by atoms with van der Waals surface area (Å²) >= 11 is 6.12. The van der Waals surface area contributed by atoms with Gasteiger partial charge in [0.1, 0.15) is 35.0 Å². The van der Waals surface area contributed by atoms with Crippen molar-refractivity contribution >= 4 is 35.3 Å². The Morgan fingerprint density at radius 1 is 1.25 bits per heavy atom. The van der Waals surface area contributed by atoms with Crippen LogP contribution >= 0.6 is 23.6 Å². The number of carbonyl (C=O) groups excluding carboxylic acids is 1. The van der Waals surface area contributed by atoms with Crippen LogP contribution in [0.2, 0.25) is 5.02 Å². The van der Waals surface area contributed by atoms with Gasteiger partial charge in [-0.25, -0.2) is 4.79 Å². The van der Waals surface area contributed by atoms with Gasteiger partial charge < -0.3 is 14.0 Å². The minimum atomic E-state index is -4.57. The zero-order valence-electron chi connectivity index (χ0n) is 14.0. The summed E-state index contributed by atoms with van der Waals surface area (Å²) in [6.45, 7) is -0.919. The molecular formula is C15H9ClF3NNaO6S+. The average molecular weight is 447 g/mol. The molecule has 28 heavy (non-hydrogen) atoms. The van der Waals surface area contributed by atoms with E-state index in [0.29, 0.717) is 18.1 Å². The van der Waals surface area contributed by atoms with Gasteiger partial charge in [0.15, 0.2) is 0 Å². The van der Waals surface area contributed by atoms with Crippen molar-refractivity contribution in [2.75, 3.05) is 6.61 Å². The second-order valence-electron chi connectivity index (χ2n) is 4.83. The Morgan fingerprint density at radius 2 is 1.93 bits per heavy atom. The Labute approximate surface area is 187 Å². The first kappa shape index (κ1) is 24.5.